The minimum atomic E-state index is -1.49. The van der Waals surface area contributed by atoms with E-state index in [-0.39, 0.29) is 79.8 Å². The van der Waals surface area contributed by atoms with Crippen molar-refractivity contribution in [3.05, 3.63) is 60.2 Å². The average Bonchev–Trinajstić information content (AvgIpc) is 2.97. The van der Waals surface area contributed by atoms with Crippen LogP contribution in [0, 0.1) is 0 Å². The summed E-state index contributed by atoms with van der Waals surface area (Å²) in [6, 6.07) is 17.9. The Morgan fingerprint density at radius 3 is 2.03 bits per heavy atom. The summed E-state index contributed by atoms with van der Waals surface area (Å²) in [6.07, 6.45) is 0.399. The fraction of sp³-hybridized carbons (Fsp3) is 0.480. The van der Waals surface area contributed by atoms with Crippen LogP contribution < -0.4 is 15.4 Å². The monoisotopic (exact) mass is 507 g/mol. The Morgan fingerprint density at radius 1 is 1.00 bits per heavy atom. The summed E-state index contributed by atoms with van der Waals surface area (Å²) in [7, 11) is 0. The van der Waals surface area contributed by atoms with Gasteiger partial charge in [0.05, 0.1) is 5.69 Å². The van der Waals surface area contributed by atoms with Crippen molar-refractivity contribution < 1.29 is 47.3 Å². The van der Waals surface area contributed by atoms with Gasteiger partial charge in [0, 0.05) is 51.6 Å². The Kier molecular flexibility index (Phi) is 17.9. The van der Waals surface area contributed by atoms with Crippen LogP contribution in [0.15, 0.2) is 54.6 Å². The van der Waals surface area contributed by atoms with Gasteiger partial charge < -0.3 is 20.5 Å². The number of aliphatic hydroxyl groups is 1. The second kappa shape index (κ2) is 16.2. The van der Waals surface area contributed by atoms with Crippen molar-refractivity contribution in [3.63, 3.8) is 0 Å². The van der Waals surface area contributed by atoms with Crippen molar-refractivity contribution in [2.45, 2.75) is 80.7 Å². The van der Waals surface area contributed by atoms with E-state index < -0.39 is 5.91 Å². The normalized spacial score (nSPS) is 15.2. The van der Waals surface area contributed by atoms with Gasteiger partial charge in [0.25, 0.3) is 5.91 Å². The Bertz CT molecular complexity index is 712. The summed E-state index contributed by atoms with van der Waals surface area (Å²) in [6.45, 7) is 8.20. The minimum Gasteiger partial charge on any atom is -0.442 e. The number of carbonyl (C=O) groups excluding carboxylic acids is 1. The van der Waals surface area contributed by atoms with Crippen LogP contribution in [0.2, 0.25) is 0 Å². The Morgan fingerprint density at radius 2 is 1.55 bits per heavy atom. The predicted octanol–water partition coefficient (Wildman–Crippen LogP) is 6.16. The molecule has 1 atom stereocenters. The number of fused-ring (bicyclic) bond motifs is 1. The number of anilines is 1. The van der Waals surface area contributed by atoms with E-state index in [1.165, 1.54) is 5.56 Å². The zero-order chi connectivity index (χ0) is 19.9. The number of hydrogen-bond acceptors (Lipinski definition) is 4. The van der Waals surface area contributed by atoms with Crippen molar-refractivity contribution >= 4 is 11.6 Å². The maximum absolute atomic E-state index is 11.5. The van der Waals surface area contributed by atoms with Crippen molar-refractivity contribution in [3.8, 4) is 5.75 Å². The molecular formula is C25H42N2O3Y. The molecular weight excluding hydrogens is 465 g/mol. The third-order valence-corrected chi connectivity index (χ3v) is 4.10. The van der Waals surface area contributed by atoms with E-state index in [0.29, 0.717) is 11.7 Å². The number of amides is 1. The standard InChI is InChI=1S/C13H18N2O3.C9H12.3CH4.Y/c1-9(2)14-12(16)7-8-13(17)15-10-5-3-4-6-11(10)18-13;1-8(2)9-6-4-3-5-7-9;;;;/h3-6,9,15,17H,7-8H2,1-2H3,(H,14,16);3-8H,1-2H3;3*1H4;. The van der Waals surface area contributed by atoms with Gasteiger partial charge in [-0.3, -0.25) is 4.79 Å². The summed E-state index contributed by atoms with van der Waals surface area (Å²) in [5, 5.41) is 15.8. The summed E-state index contributed by atoms with van der Waals surface area (Å²) in [5.74, 6) is -0.326. The Balaban J connectivity index is -0.000000524. The molecule has 2 aromatic rings. The van der Waals surface area contributed by atoms with E-state index in [2.05, 4.69) is 48.7 Å². The van der Waals surface area contributed by atoms with Gasteiger partial charge in [-0.05, 0) is 37.5 Å². The van der Waals surface area contributed by atoms with Gasteiger partial charge in [-0.15, -0.1) is 0 Å². The Labute approximate surface area is 215 Å². The quantitative estimate of drug-likeness (QED) is 0.454. The van der Waals surface area contributed by atoms with Gasteiger partial charge in [-0.25, -0.2) is 0 Å². The van der Waals surface area contributed by atoms with Crippen LogP contribution in [0.1, 0.15) is 74.3 Å². The third kappa shape index (κ3) is 11.7. The second-order valence-corrected chi connectivity index (χ2v) is 7.30. The van der Waals surface area contributed by atoms with E-state index in [1.54, 1.807) is 6.07 Å². The molecule has 3 N–H and O–H groups in total. The first kappa shape index (κ1) is 34.2. The van der Waals surface area contributed by atoms with Crippen LogP contribution in [-0.2, 0) is 37.5 Å². The maximum atomic E-state index is 11.5. The van der Waals surface area contributed by atoms with E-state index >= 15 is 0 Å². The number of rotatable bonds is 5. The molecule has 0 saturated carbocycles. The van der Waals surface area contributed by atoms with E-state index in [0.717, 1.165) is 5.69 Å². The average molecular weight is 508 g/mol. The molecule has 5 nitrogen and oxygen atoms in total. The molecule has 0 aromatic heterocycles. The minimum absolute atomic E-state index is 0. The SMILES string of the molecule is C.C.C.CC(C)NC(=O)CCC1(O)Nc2ccccc2O1.CC(C)c1ccccc1.[Y]. The number of nitrogens with one attached hydrogen (secondary N) is 2. The largest absolute Gasteiger partial charge is 0.442 e. The predicted molar refractivity (Wildman–Crippen MR) is 129 cm³/mol. The van der Waals surface area contributed by atoms with Crippen molar-refractivity contribution in [1.29, 1.82) is 0 Å². The fourth-order valence-corrected chi connectivity index (χ4v) is 2.71. The maximum Gasteiger partial charge on any atom is 0.290 e. The number of ether oxygens (including phenoxy) is 1. The molecule has 1 aliphatic rings. The number of benzene rings is 2. The first-order chi connectivity index (χ1) is 12.8. The van der Waals surface area contributed by atoms with Gasteiger partial charge in [0.1, 0.15) is 5.75 Å². The molecule has 0 saturated heterocycles. The van der Waals surface area contributed by atoms with Crippen LogP contribution in [0.4, 0.5) is 5.69 Å². The molecule has 173 valence electrons. The number of carbonyl (C=O) groups is 1. The summed E-state index contributed by atoms with van der Waals surface area (Å²) in [4.78, 5) is 11.5. The van der Waals surface area contributed by atoms with Crippen molar-refractivity contribution in [2.75, 3.05) is 5.32 Å². The fourth-order valence-electron chi connectivity index (χ4n) is 2.71. The summed E-state index contributed by atoms with van der Waals surface area (Å²) in [5.41, 5.74) is 2.15. The molecule has 1 amide bonds. The van der Waals surface area contributed by atoms with Gasteiger partial charge >= 0.3 is 0 Å². The number of para-hydroxylation sites is 2. The third-order valence-electron chi connectivity index (χ3n) is 4.10. The molecule has 1 heterocycles. The topological polar surface area (TPSA) is 70.6 Å². The van der Waals surface area contributed by atoms with Crippen LogP contribution >= 0.6 is 0 Å². The summed E-state index contributed by atoms with van der Waals surface area (Å²) >= 11 is 0. The molecule has 31 heavy (non-hydrogen) atoms. The van der Waals surface area contributed by atoms with Crippen LogP contribution in [0.3, 0.4) is 0 Å². The Hall–Kier alpha value is -1.43. The van der Waals surface area contributed by atoms with E-state index in [4.69, 9.17) is 4.74 Å². The number of hydrogen-bond donors (Lipinski definition) is 3. The zero-order valence-corrected chi connectivity index (χ0v) is 19.9. The van der Waals surface area contributed by atoms with Crippen LogP contribution in [0.5, 0.6) is 5.75 Å². The van der Waals surface area contributed by atoms with Crippen LogP contribution in [-0.4, -0.2) is 23.0 Å². The van der Waals surface area contributed by atoms with Gasteiger partial charge in [-0.1, -0.05) is 78.6 Å². The summed E-state index contributed by atoms with van der Waals surface area (Å²) < 4.78 is 5.41. The molecule has 1 unspecified atom stereocenters. The zero-order valence-electron chi connectivity index (χ0n) is 17.1. The van der Waals surface area contributed by atoms with E-state index in [1.807, 2.05) is 38.1 Å². The second-order valence-electron chi connectivity index (χ2n) is 7.30. The molecule has 1 radical (unpaired) electrons. The molecule has 0 bridgehead atoms. The molecule has 2 aromatic carbocycles. The molecule has 6 heteroatoms. The van der Waals surface area contributed by atoms with E-state index in [9.17, 15) is 9.90 Å². The van der Waals surface area contributed by atoms with Gasteiger partial charge in [0.15, 0.2) is 0 Å². The first-order valence-electron chi connectivity index (χ1n) is 9.42. The molecule has 0 fully saturated rings. The van der Waals surface area contributed by atoms with Crippen LogP contribution in [0.25, 0.3) is 0 Å². The molecule has 3 rings (SSSR count). The van der Waals surface area contributed by atoms with Gasteiger partial charge in [0.2, 0.25) is 5.91 Å². The van der Waals surface area contributed by atoms with Gasteiger partial charge in [-0.2, -0.15) is 0 Å². The smallest absolute Gasteiger partial charge is 0.290 e. The van der Waals surface area contributed by atoms with Crippen molar-refractivity contribution in [1.82, 2.24) is 5.32 Å². The molecule has 0 aliphatic carbocycles. The molecule has 0 spiro atoms. The first-order valence-corrected chi connectivity index (χ1v) is 9.42. The molecule has 1 aliphatic heterocycles. The van der Waals surface area contributed by atoms with Crippen molar-refractivity contribution in [2.24, 2.45) is 0 Å².